The summed E-state index contributed by atoms with van der Waals surface area (Å²) in [5, 5.41) is 3.12. The monoisotopic (exact) mass is 410 g/mol. The maximum atomic E-state index is 13.2. The van der Waals surface area contributed by atoms with Gasteiger partial charge in [-0.15, -0.1) is 0 Å². The molecule has 1 aliphatic rings. The third-order valence-corrected chi connectivity index (χ3v) is 4.62. The van der Waals surface area contributed by atoms with Crippen molar-refractivity contribution in [3.05, 3.63) is 59.8 Å². The van der Waals surface area contributed by atoms with Crippen molar-refractivity contribution in [1.82, 2.24) is 4.90 Å². The molecule has 2 amide bonds. The van der Waals surface area contributed by atoms with E-state index >= 15 is 0 Å². The predicted molar refractivity (Wildman–Crippen MR) is 114 cm³/mol. The Morgan fingerprint density at radius 2 is 1.57 bits per heavy atom. The lowest BCUT2D eigenvalue weighted by atomic mass is 10.0. The maximum absolute atomic E-state index is 13.2. The first-order valence-electron chi connectivity index (χ1n) is 9.72. The second-order valence-corrected chi connectivity index (χ2v) is 7.02. The molecule has 0 fully saturated rings. The molecular formula is C23H26N2O5. The van der Waals surface area contributed by atoms with E-state index in [1.54, 1.807) is 32.4 Å². The fourth-order valence-corrected chi connectivity index (χ4v) is 3.17. The van der Waals surface area contributed by atoms with Gasteiger partial charge < -0.3 is 19.5 Å². The van der Waals surface area contributed by atoms with E-state index in [0.717, 1.165) is 0 Å². The second kappa shape index (κ2) is 9.45. The van der Waals surface area contributed by atoms with E-state index in [4.69, 9.17) is 14.2 Å². The Bertz CT molecular complexity index is 931. The Kier molecular flexibility index (Phi) is 6.74. The molecule has 30 heavy (non-hydrogen) atoms. The lowest BCUT2D eigenvalue weighted by Gasteiger charge is -2.16. The van der Waals surface area contributed by atoms with Gasteiger partial charge in [-0.3, -0.25) is 14.5 Å². The third kappa shape index (κ3) is 4.63. The fraction of sp³-hybridized carbons (Fsp3) is 0.304. The van der Waals surface area contributed by atoms with Gasteiger partial charge in [0.2, 0.25) is 0 Å². The van der Waals surface area contributed by atoms with Crippen LogP contribution in [-0.4, -0.2) is 50.2 Å². The fourth-order valence-electron chi connectivity index (χ4n) is 3.17. The van der Waals surface area contributed by atoms with Gasteiger partial charge in [-0.2, -0.15) is 0 Å². The van der Waals surface area contributed by atoms with E-state index < -0.39 is 5.91 Å². The number of nitrogens with zero attached hydrogens (tertiary/aromatic N) is 1. The normalized spacial score (nSPS) is 14.0. The summed E-state index contributed by atoms with van der Waals surface area (Å²) < 4.78 is 16.1. The maximum Gasteiger partial charge on any atom is 0.278 e. The number of rotatable bonds is 9. The minimum absolute atomic E-state index is 0.0150. The van der Waals surface area contributed by atoms with Crippen LogP contribution in [0.2, 0.25) is 0 Å². The molecule has 158 valence electrons. The molecule has 0 spiro atoms. The van der Waals surface area contributed by atoms with Crippen LogP contribution in [0.1, 0.15) is 19.4 Å². The van der Waals surface area contributed by atoms with Crippen molar-refractivity contribution in [3.8, 4) is 11.5 Å². The van der Waals surface area contributed by atoms with Gasteiger partial charge in [-0.25, -0.2) is 0 Å². The summed E-state index contributed by atoms with van der Waals surface area (Å²) in [6.07, 6.45) is 0.0150. The summed E-state index contributed by atoms with van der Waals surface area (Å²) in [5.41, 5.74) is 1.79. The van der Waals surface area contributed by atoms with E-state index in [9.17, 15) is 9.59 Å². The zero-order valence-electron chi connectivity index (χ0n) is 17.6. The van der Waals surface area contributed by atoms with Crippen LogP contribution in [-0.2, 0) is 14.3 Å². The number of nitrogens with one attached hydrogen (secondary N) is 1. The Balaban J connectivity index is 1.98. The van der Waals surface area contributed by atoms with Crippen LogP contribution < -0.4 is 14.8 Å². The molecule has 1 N–H and O–H groups in total. The standard InChI is InChI=1S/C23H26N2O5/c1-15(2)30-11-10-25-22(26)20(16-8-6-5-7-9-16)21(23(25)27)24-17-12-18(28-3)14-19(13-17)29-4/h5-9,12-15,24H,10-11H2,1-4H3. The Hall–Kier alpha value is -3.32. The number of methoxy groups -OCH3 is 2. The zero-order valence-corrected chi connectivity index (χ0v) is 17.6. The average Bonchev–Trinajstić information content (AvgIpc) is 2.98. The predicted octanol–water partition coefficient (Wildman–Crippen LogP) is 3.32. The summed E-state index contributed by atoms with van der Waals surface area (Å²) in [7, 11) is 3.10. The van der Waals surface area contributed by atoms with Crippen LogP contribution in [0.5, 0.6) is 11.5 Å². The van der Waals surface area contributed by atoms with Crippen LogP contribution in [0.4, 0.5) is 5.69 Å². The molecule has 3 rings (SSSR count). The number of carbonyl (C=O) groups excluding carboxylic acids is 2. The summed E-state index contributed by atoms with van der Waals surface area (Å²) in [5.74, 6) is 0.388. The van der Waals surface area contributed by atoms with E-state index in [2.05, 4.69) is 5.32 Å². The Labute approximate surface area is 176 Å². The van der Waals surface area contributed by atoms with Crippen LogP contribution in [0, 0.1) is 0 Å². The molecule has 7 nitrogen and oxygen atoms in total. The highest BCUT2D eigenvalue weighted by Crippen LogP contribution is 2.32. The number of benzene rings is 2. The van der Waals surface area contributed by atoms with Gasteiger partial charge in [-0.1, -0.05) is 30.3 Å². The Morgan fingerprint density at radius 1 is 0.933 bits per heavy atom. The molecule has 0 radical (unpaired) electrons. The molecule has 0 atom stereocenters. The highest BCUT2D eigenvalue weighted by Gasteiger charge is 2.39. The van der Waals surface area contributed by atoms with Crippen molar-refractivity contribution < 1.29 is 23.8 Å². The second-order valence-electron chi connectivity index (χ2n) is 7.02. The number of carbonyl (C=O) groups is 2. The zero-order chi connectivity index (χ0) is 21.7. The first-order chi connectivity index (χ1) is 14.4. The molecule has 1 aliphatic heterocycles. The largest absolute Gasteiger partial charge is 0.497 e. The van der Waals surface area contributed by atoms with Gasteiger partial charge in [0.05, 0.1) is 39.0 Å². The van der Waals surface area contributed by atoms with Crippen LogP contribution >= 0.6 is 0 Å². The summed E-state index contributed by atoms with van der Waals surface area (Å²) >= 11 is 0. The summed E-state index contributed by atoms with van der Waals surface area (Å²) in [6.45, 7) is 4.27. The number of anilines is 1. The Morgan fingerprint density at radius 3 is 2.13 bits per heavy atom. The van der Waals surface area contributed by atoms with Crippen molar-refractivity contribution in [2.75, 3.05) is 32.7 Å². The molecular weight excluding hydrogens is 384 g/mol. The molecule has 1 heterocycles. The molecule has 0 saturated carbocycles. The first-order valence-corrected chi connectivity index (χ1v) is 9.72. The van der Waals surface area contributed by atoms with Gasteiger partial charge in [0.25, 0.3) is 11.8 Å². The minimum atomic E-state index is -0.395. The molecule has 2 aromatic carbocycles. The minimum Gasteiger partial charge on any atom is -0.497 e. The summed E-state index contributed by atoms with van der Waals surface area (Å²) in [4.78, 5) is 27.5. The first kappa shape index (κ1) is 21.4. The SMILES string of the molecule is COc1cc(NC2=C(c3ccccc3)C(=O)N(CCOC(C)C)C2=O)cc(OC)c1. The molecule has 0 bridgehead atoms. The molecule has 0 aliphatic carbocycles. The van der Waals surface area contributed by atoms with Crippen molar-refractivity contribution in [2.45, 2.75) is 20.0 Å². The van der Waals surface area contributed by atoms with Crippen molar-refractivity contribution in [1.29, 1.82) is 0 Å². The van der Waals surface area contributed by atoms with Crippen LogP contribution in [0.3, 0.4) is 0 Å². The van der Waals surface area contributed by atoms with E-state index in [1.165, 1.54) is 4.90 Å². The molecule has 0 saturated heterocycles. The lowest BCUT2D eigenvalue weighted by Crippen LogP contribution is -2.35. The number of amides is 2. The van der Waals surface area contributed by atoms with Crippen molar-refractivity contribution in [2.24, 2.45) is 0 Å². The van der Waals surface area contributed by atoms with Crippen LogP contribution in [0.25, 0.3) is 5.57 Å². The van der Waals surface area contributed by atoms with Crippen molar-refractivity contribution in [3.63, 3.8) is 0 Å². The topological polar surface area (TPSA) is 77.1 Å². The molecule has 0 unspecified atom stereocenters. The summed E-state index contributed by atoms with van der Waals surface area (Å²) in [6, 6.07) is 14.3. The van der Waals surface area contributed by atoms with Gasteiger partial charge in [-0.05, 0) is 19.4 Å². The van der Waals surface area contributed by atoms with Gasteiger partial charge in [0, 0.05) is 23.9 Å². The van der Waals surface area contributed by atoms with E-state index in [1.807, 2.05) is 44.2 Å². The molecule has 7 heteroatoms. The molecule has 0 aromatic heterocycles. The quantitative estimate of drug-likeness (QED) is 0.639. The molecule has 2 aromatic rings. The highest BCUT2D eigenvalue weighted by molar-refractivity contribution is 6.36. The van der Waals surface area contributed by atoms with Crippen LogP contribution in [0.15, 0.2) is 54.2 Å². The number of imide groups is 1. The van der Waals surface area contributed by atoms with Gasteiger partial charge in [0.1, 0.15) is 17.2 Å². The number of hydrogen-bond donors (Lipinski definition) is 1. The van der Waals surface area contributed by atoms with Gasteiger partial charge in [0.15, 0.2) is 0 Å². The van der Waals surface area contributed by atoms with E-state index in [-0.39, 0.29) is 30.9 Å². The van der Waals surface area contributed by atoms with E-state index in [0.29, 0.717) is 28.3 Å². The highest BCUT2D eigenvalue weighted by atomic mass is 16.5. The number of ether oxygens (including phenoxy) is 3. The third-order valence-electron chi connectivity index (χ3n) is 4.62. The van der Waals surface area contributed by atoms with Gasteiger partial charge >= 0.3 is 0 Å². The lowest BCUT2D eigenvalue weighted by molar-refractivity contribution is -0.137. The van der Waals surface area contributed by atoms with Crippen molar-refractivity contribution >= 4 is 23.1 Å². The average molecular weight is 410 g/mol. The smallest absolute Gasteiger partial charge is 0.278 e. The number of hydrogen-bond acceptors (Lipinski definition) is 6.